The number of ether oxygens (including phenoxy) is 1. The van der Waals surface area contributed by atoms with Crippen molar-refractivity contribution in [1.82, 2.24) is 5.43 Å². The predicted molar refractivity (Wildman–Crippen MR) is 107 cm³/mol. The van der Waals surface area contributed by atoms with Gasteiger partial charge in [0.2, 0.25) is 0 Å². The first kappa shape index (κ1) is 18.5. The number of hydrogen-bond donors (Lipinski definition) is 3. The normalized spacial score (nSPS) is 10.4. The summed E-state index contributed by atoms with van der Waals surface area (Å²) >= 11 is 5.19. The lowest BCUT2D eigenvalue weighted by Crippen LogP contribution is -2.23. The molecule has 6 heteroatoms. The molecule has 0 heterocycles. The van der Waals surface area contributed by atoms with E-state index in [4.69, 9.17) is 17.0 Å². The minimum Gasteiger partial charge on any atom is -0.504 e. The zero-order valence-corrected chi connectivity index (χ0v) is 14.8. The molecule has 0 aliphatic carbocycles. The fourth-order valence-corrected chi connectivity index (χ4v) is 2.36. The second kappa shape index (κ2) is 9.44. The number of hydrazone groups is 1. The lowest BCUT2D eigenvalue weighted by Gasteiger charge is -2.11. The maximum atomic E-state index is 10.2. The molecule has 0 atom stereocenters. The van der Waals surface area contributed by atoms with E-state index in [-0.39, 0.29) is 5.75 Å². The minimum absolute atomic E-state index is 0.133. The van der Waals surface area contributed by atoms with Gasteiger partial charge < -0.3 is 15.2 Å². The van der Waals surface area contributed by atoms with Gasteiger partial charge in [-0.2, -0.15) is 5.10 Å². The summed E-state index contributed by atoms with van der Waals surface area (Å²) < 4.78 is 5.47. The SMILES string of the molecule is C=CCc1cc(C=NNC(=S)Nc2ccccc2)cc(OCC)c1O. The van der Waals surface area contributed by atoms with E-state index in [2.05, 4.69) is 22.4 Å². The maximum Gasteiger partial charge on any atom is 0.191 e. The highest BCUT2D eigenvalue weighted by Gasteiger charge is 2.09. The van der Waals surface area contributed by atoms with Gasteiger partial charge in [0.1, 0.15) is 0 Å². The number of allylic oxidation sites excluding steroid dienone is 1. The summed E-state index contributed by atoms with van der Waals surface area (Å²) in [5, 5.41) is 17.7. The standard InChI is InChI=1S/C19H21N3O2S/c1-3-8-15-11-14(12-17(18(15)23)24-4-2)13-20-22-19(25)21-16-9-6-5-7-10-16/h3,5-7,9-13,23H,1,4,8H2,2H3,(H2,21,22,25). The van der Waals surface area contributed by atoms with E-state index in [1.165, 1.54) is 0 Å². The number of anilines is 1. The maximum absolute atomic E-state index is 10.2. The Labute approximate surface area is 153 Å². The van der Waals surface area contributed by atoms with Gasteiger partial charge in [0, 0.05) is 11.3 Å². The number of rotatable bonds is 7. The number of nitrogens with zero attached hydrogens (tertiary/aromatic N) is 1. The van der Waals surface area contributed by atoms with Crippen LogP contribution in [0, 0.1) is 0 Å². The Kier molecular flexibility index (Phi) is 6.98. The van der Waals surface area contributed by atoms with Crippen LogP contribution in [-0.4, -0.2) is 23.0 Å². The summed E-state index contributed by atoms with van der Waals surface area (Å²) in [6.45, 7) is 6.03. The summed E-state index contributed by atoms with van der Waals surface area (Å²) in [5.41, 5.74) is 5.16. The van der Waals surface area contributed by atoms with Crippen LogP contribution in [-0.2, 0) is 6.42 Å². The van der Waals surface area contributed by atoms with Crippen molar-refractivity contribution < 1.29 is 9.84 Å². The van der Waals surface area contributed by atoms with Gasteiger partial charge in [0.15, 0.2) is 16.6 Å². The second-order valence-electron chi connectivity index (χ2n) is 5.14. The molecule has 0 unspecified atom stereocenters. The molecule has 2 rings (SSSR count). The molecular formula is C19H21N3O2S. The summed E-state index contributed by atoms with van der Waals surface area (Å²) in [5.74, 6) is 0.557. The smallest absolute Gasteiger partial charge is 0.191 e. The molecule has 2 aromatic carbocycles. The zero-order chi connectivity index (χ0) is 18.1. The third kappa shape index (κ3) is 5.61. The van der Waals surface area contributed by atoms with Gasteiger partial charge in [-0.25, -0.2) is 0 Å². The lowest BCUT2D eigenvalue weighted by molar-refractivity contribution is 0.317. The van der Waals surface area contributed by atoms with Crippen LogP contribution in [0.1, 0.15) is 18.1 Å². The zero-order valence-electron chi connectivity index (χ0n) is 14.0. The van der Waals surface area contributed by atoms with Crippen LogP contribution >= 0.6 is 12.2 Å². The molecule has 0 bridgehead atoms. The van der Waals surface area contributed by atoms with E-state index in [9.17, 15) is 5.11 Å². The fourth-order valence-electron chi connectivity index (χ4n) is 2.19. The van der Waals surface area contributed by atoms with E-state index in [0.29, 0.717) is 23.9 Å². The number of para-hydroxylation sites is 1. The largest absolute Gasteiger partial charge is 0.504 e. The quantitative estimate of drug-likeness (QED) is 0.305. The van der Waals surface area contributed by atoms with Gasteiger partial charge in [-0.3, -0.25) is 5.43 Å². The van der Waals surface area contributed by atoms with E-state index in [1.54, 1.807) is 18.4 Å². The van der Waals surface area contributed by atoms with Crippen LogP contribution in [0.25, 0.3) is 0 Å². The molecule has 0 aromatic heterocycles. The van der Waals surface area contributed by atoms with Gasteiger partial charge in [-0.05, 0) is 55.4 Å². The molecule has 5 nitrogen and oxygen atoms in total. The summed E-state index contributed by atoms with van der Waals surface area (Å²) in [7, 11) is 0. The van der Waals surface area contributed by atoms with E-state index in [0.717, 1.165) is 16.8 Å². The molecule has 0 saturated carbocycles. The predicted octanol–water partition coefficient (Wildman–Crippen LogP) is 3.84. The van der Waals surface area contributed by atoms with E-state index in [1.807, 2.05) is 43.3 Å². The number of aromatic hydroxyl groups is 1. The van der Waals surface area contributed by atoms with Crippen LogP contribution < -0.4 is 15.5 Å². The van der Waals surface area contributed by atoms with Crippen LogP contribution in [0.4, 0.5) is 5.69 Å². The average Bonchev–Trinajstić information content (AvgIpc) is 2.60. The molecule has 2 aromatic rings. The number of thiocarbonyl (C=S) groups is 1. The lowest BCUT2D eigenvalue weighted by atomic mass is 10.1. The van der Waals surface area contributed by atoms with Crippen molar-refractivity contribution in [2.45, 2.75) is 13.3 Å². The Morgan fingerprint density at radius 2 is 2.08 bits per heavy atom. The molecule has 25 heavy (non-hydrogen) atoms. The van der Waals surface area contributed by atoms with Crippen molar-refractivity contribution in [1.29, 1.82) is 0 Å². The Hall–Kier alpha value is -2.86. The number of phenols is 1. The van der Waals surface area contributed by atoms with Gasteiger partial charge in [-0.1, -0.05) is 24.3 Å². The molecule has 130 valence electrons. The Morgan fingerprint density at radius 1 is 1.32 bits per heavy atom. The van der Waals surface area contributed by atoms with Crippen molar-refractivity contribution in [3.05, 3.63) is 66.2 Å². The third-order valence-corrected chi connectivity index (χ3v) is 3.45. The highest BCUT2D eigenvalue weighted by atomic mass is 32.1. The molecule has 0 aliphatic rings. The highest BCUT2D eigenvalue weighted by molar-refractivity contribution is 7.80. The summed E-state index contributed by atoms with van der Waals surface area (Å²) in [6, 6.07) is 13.1. The fraction of sp³-hybridized carbons (Fsp3) is 0.158. The van der Waals surface area contributed by atoms with E-state index < -0.39 is 0 Å². The molecule has 0 fully saturated rings. The van der Waals surface area contributed by atoms with Crippen LogP contribution in [0.3, 0.4) is 0 Å². The number of hydrogen-bond acceptors (Lipinski definition) is 4. The van der Waals surface area contributed by atoms with Crippen LogP contribution in [0.15, 0.2) is 60.2 Å². The second-order valence-corrected chi connectivity index (χ2v) is 5.55. The molecule has 0 saturated heterocycles. The Morgan fingerprint density at radius 3 is 2.76 bits per heavy atom. The molecule has 0 aliphatic heterocycles. The Balaban J connectivity index is 2.06. The van der Waals surface area contributed by atoms with Crippen LogP contribution in [0.5, 0.6) is 11.5 Å². The first-order chi connectivity index (χ1) is 12.1. The minimum atomic E-state index is 0.133. The summed E-state index contributed by atoms with van der Waals surface area (Å²) in [6.07, 6.45) is 3.88. The van der Waals surface area contributed by atoms with Crippen LogP contribution in [0.2, 0.25) is 0 Å². The summed E-state index contributed by atoms with van der Waals surface area (Å²) in [4.78, 5) is 0. The number of benzene rings is 2. The monoisotopic (exact) mass is 355 g/mol. The topological polar surface area (TPSA) is 65.9 Å². The first-order valence-electron chi connectivity index (χ1n) is 7.88. The van der Waals surface area contributed by atoms with Gasteiger partial charge in [0.25, 0.3) is 0 Å². The van der Waals surface area contributed by atoms with E-state index >= 15 is 0 Å². The van der Waals surface area contributed by atoms with Gasteiger partial charge in [-0.15, -0.1) is 6.58 Å². The van der Waals surface area contributed by atoms with Crippen molar-refractivity contribution in [3.63, 3.8) is 0 Å². The number of nitrogens with one attached hydrogen (secondary N) is 2. The Bertz CT molecular complexity index is 761. The van der Waals surface area contributed by atoms with Gasteiger partial charge in [0.05, 0.1) is 12.8 Å². The molecule has 0 spiro atoms. The third-order valence-electron chi connectivity index (χ3n) is 3.25. The number of phenolic OH excluding ortho intramolecular Hbond substituents is 1. The van der Waals surface area contributed by atoms with Crippen molar-refractivity contribution in [3.8, 4) is 11.5 Å². The first-order valence-corrected chi connectivity index (χ1v) is 8.29. The van der Waals surface area contributed by atoms with Crippen molar-refractivity contribution in [2.75, 3.05) is 11.9 Å². The van der Waals surface area contributed by atoms with Gasteiger partial charge >= 0.3 is 0 Å². The highest BCUT2D eigenvalue weighted by Crippen LogP contribution is 2.31. The van der Waals surface area contributed by atoms with Crippen molar-refractivity contribution in [2.24, 2.45) is 5.10 Å². The molecular weight excluding hydrogens is 334 g/mol. The molecule has 0 amide bonds. The molecule has 3 N–H and O–H groups in total. The molecule has 0 radical (unpaired) electrons. The van der Waals surface area contributed by atoms with Crippen molar-refractivity contribution >= 4 is 29.2 Å². The average molecular weight is 355 g/mol.